The average molecular weight is 766 g/mol. The fourth-order valence-corrected chi connectivity index (χ4v) is 8.80. The SMILES string of the molecule is N#Cc1ccc(O[C@@H]2CC[C@@H](C(=O)Nc3ccc(N4CCC(CN5CCN(c6ccc7c(c6)CN(C6CCC(=O)NC6=O)C7=O)CC5)CC4)nn3)C2)cc1Cl. The molecule has 3 aromatic rings. The molecule has 1 aliphatic carbocycles. The van der Waals surface area contributed by atoms with Crippen molar-refractivity contribution in [3.8, 4) is 11.8 Å². The van der Waals surface area contributed by atoms with Gasteiger partial charge in [0.1, 0.15) is 17.9 Å². The first kappa shape index (κ1) is 36.7. The number of imide groups is 1. The molecular weight excluding hydrogens is 722 g/mol. The number of anilines is 3. The molecule has 1 aromatic heterocycles. The summed E-state index contributed by atoms with van der Waals surface area (Å²) in [6.45, 7) is 7.01. The lowest BCUT2D eigenvalue weighted by Crippen LogP contribution is -2.52. The summed E-state index contributed by atoms with van der Waals surface area (Å²) in [7, 11) is 0. The molecule has 5 aliphatic rings. The highest BCUT2D eigenvalue weighted by Gasteiger charge is 2.39. The van der Waals surface area contributed by atoms with E-state index in [1.165, 1.54) is 0 Å². The van der Waals surface area contributed by atoms with Crippen LogP contribution in [0.15, 0.2) is 48.5 Å². The maximum atomic E-state index is 13.1. The van der Waals surface area contributed by atoms with Gasteiger partial charge in [0, 0.05) is 82.0 Å². The number of hydrogen-bond acceptors (Lipinski definition) is 11. The quantitative estimate of drug-likeness (QED) is 0.303. The molecule has 14 nitrogen and oxygen atoms in total. The van der Waals surface area contributed by atoms with Crippen molar-refractivity contribution in [1.29, 1.82) is 5.26 Å². The molecule has 1 saturated carbocycles. The van der Waals surface area contributed by atoms with Crippen molar-refractivity contribution >= 4 is 52.6 Å². The van der Waals surface area contributed by atoms with E-state index in [4.69, 9.17) is 21.6 Å². The van der Waals surface area contributed by atoms with Gasteiger partial charge in [-0.2, -0.15) is 5.26 Å². The molecule has 0 radical (unpaired) electrons. The Bertz CT molecular complexity index is 2010. The first-order valence-electron chi connectivity index (χ1n) is 19.2. The van der Waals surface area contributed by atoms with Gasteiger partial charge in [0.2, 0.25) is 17.7 Å². The zero-order valence-electron chi connectivity index (χ0n) is 30.6. The number of nitrogens with one attached hydrogen (secondary N) is 2. The second-order valence-corrected chi connectivity index (χ2v) is 15.6. The van der Waals surface area contributed by atoms with Gasteiger partial charge in [-0.1, -0.05) is 11.6 Å². The third kappa shape index (κ3) is 8.09. The number of carbonyl (C=O) groups is 4. The Labute approximate surface area is 324 Å². The molecular formula is C40H44ClN9O5. The van der Waals surface area contributed by atoms with Gasteiger partial charge in [0.25, 0.3) is 5.91 Å². The van der Waals surface area contributed by atoms with E-state index in [0.29, 0.717) is 59.4 Å². The number of piperidine rings is 2. The van der Waals surface area contributed by atoms with Crippen molar-refractivity contribution in [3.63, 3.8) is 0 Å². The molecule has 286 valence electrons. The monoisotopic (exact) mass is 765 g/mol. The highest BCUT2D eigenvalue weighted by molar-refractivity contribution is 6.31. The van der Waals surface area contributed by atoms with E-state index in [2.05, 4.69) is 41.6 Å². The van der Waals surface area contributed by atoms with Crippen LogP contribution in [0.25, 0.3) is 0 Å². The van der Waals surface area contributed by atoms with Crippen molar-refractivity contribution in [2.24, 2.45) is 11.8 Å². The molecule has 15 heteroatoms. The molecule has 55 heavy (non-hydrogen) atoms. The van der Waals surface area contributed by atoms with Crippen LogP contribution in [0.5, 0.6) is 5.75 Å². The van der Waals surface area contributed by atoms with E-state index in [-0.39, 0.29) is 42.1 Å². The van der Waals surface area contributed by atoms with Crippen LogP contribution in [-0.4, -0.2) is 102 Å². The summed E-state index contributed by atoms with van der Waals surface area (Å²) >= 11 is 6.14. The third-order valence-corrected chi connectivity index (χ3v) is 12.0. The number of nitrogens with zero attached hydrogens (tertiary/aromatic N) is 7. The summed E-state index contributed by atoms with van der Waals surface area (Å²) < 4.78 is 6.04. The zero-order chi connectivity index (χ0) is 38.1. The Balaban J connectivity index is 0.752. The molecule has 1 unspecified atom stereocenters. The number of halogens is 1. The Kier molecular flexibility index (Phi) is 10.6. The van der Waals surface area contributed by atoms with Gasteiger partial charge >= 0.3 is 0 Å². The van der Waals surface area contributed by atoms with Gasteiger partial charge in [0.05, 0.1) is 16.7 Å². The van der Waals surface area contributed by atoms with Crippen molar-refractivity contribution in [3.05, 3.63) is 70.2 Å². The van der Waals surface area contributed by atoms with E-state index >= 15 is 0 Å². The van der Waals surface area contributed by atoms with Crippen molar-refractivity contribution in [2.75, 3.05) is 60.9 Å². The lowest BCUT2D eigenvalue weighted by Gasteiger charge is -2.39. The predicted octanol–water partition coefficient (Wildman–Crippen LogP) is 3.99. The Morgan fingerprint density at radius 2 is 1.75 bits per heavy atom. The molecule has 8 rings (SSSR count). The van der Waals surface area contributed by atoms with Crippen molar-refractivity contribution < 1.29 is 23.9 Å². The molecule has 4 aliphatic heterocycles. The van der Waals surface area contributed by atoms with Crippen molar-refractivity contribution in [2.45, 2.75) is 63.6 Å². The standard InChI is InChI=1S/C40H44ClN9O5/c41-33-21-31(5-2-27(33)22-42)55-30-4-1-26(20-30)38(52)43-35-8-9-36(46-45-35)49-13-11-25(12-14-49)23-47-15-17-48(18-16-47)29-3-6-32-28(19-29)24-50(40(32)54)34-7-10-37(51)44-39(34)53/h2-3,5-6,8-9,19,21,25-26,30,34H,1,4,7,10-18,20,23-24H2,(H,43,45,52)(H,44,51,53)/t26-,30-,34?/m1/s1. The number of piperazine rings is 1. The first-order valence-corrected chi connectivity index (χ1v) is 19.6. The number of rotatable bonds is 9. The fraction of sp³-hybridized carbons (Fsp3) is 0.475. The van der Waals surface area contributed by atoms with E-state index in [9.17, 15) is 19.2 Å². The molecule has 0 spiro atoms. The summed E-state index contributed by atoms with van der Waals surface area (Å²) in [6.07, 6.45) is 4.70. The number of benzene rings is 2. The maximum Gasteiger partial charge on any atom is 0.255 e. The van der Waals surface area contributed by atoms with Crippen LogP contribution < -0.4 is 25.2 Å². The zero-order valence-corrected chi connectivity index (χ0v) is 31.3. The number of carbonyl (C=O) groups excluding carboxylic acids is 4. The number of fused-ring (bicyclic) bond motifs is 1. The summed E-state index contributed by atoms with van der Waals surface area (Å²) in [6, 6.07) is 16.2. The smallest absolute Gasteiger partial charge is 0.255 e. The van der Waals surface area contributed by atoms with Gasteiger partial charge < -0.3 is 24.8 Å². The molecule has 2 N–H and O–H groups in total. The molecule has 3 atom stereocenters. The number of amides is 4. The van der Waals surface area contributed by atoms with E-state index in [1.807, 2.05) is 30.3 Å². The second-order valence-electron chi connectivity index (χ2n) is 15.2. The molecule has 3 saturated heterocycles. The van der Waals surface area contributed by atoms with Crippen LogP contribution >= 0.6 is 11.6 Å². The van der Waals surface area contributed by atoms with Crippen LogP contribution in [0.3, 0.4) is 0 Å². The summed E-state index contributed by atoms with van der Waals surface area (Å²) in [5.41, 5.74) is 3.07. The Morgan fingerprint density at radius 1 is 0.927 bits per heavy atom. The number of ether oxygens (including phenoxy) is 1. The largest absolute Gasteiger partial charge is 0.490 e. The normalized spacial score (nSPS) is 23.4. The van der Waals surface area contributed by atoms with Crippen LogP contribution in [0.4, 0.5) is 17.3 Å². The number of nitriles is 1. The molecule has 4 amide bonds. The summed E-state index contributed by atoms with van der Waals surface area (Å²) in [5.74, 6) is 1.36. The molecule has 5 heterocycles. The van der Waals surface area contributed by atoms with Crippen LogP contribution in [0, 0.1) is 23.2 Å². The van der Waals surface area contributed by atoms with E-state index < -0.39 is 6.04 Å². The Hall–Kier alpha value is -5.26. The molecule has 4 fully saturated rings. The van der Waals surface area contributed by atoms with Gasteiger partial charge in [0.15, 0.2) is 11.6 Å². The summed E-state index contributed by atoms with van der Waals surface area (Å²) in [4.78, 5) is 58.9. The highest BCUT2D eigenvalue weighted by Crippen LogP contribution is 2.33. The summed E-state index contributed by atoms with van der Waals surface area (Å²) in [5, 5.41) is 23.5. The average Bonchev–Trinajstić information content (AvgIpc) is 3.79. The van der Waals surface area contributed by atoms with Crippen LogP contribution in [-0.2, 0) is 20.9 Å². The molecule has 2 aromatic carbocycles. The number of hydrogen-bond donors (Lipinski definition) is 2. The lowest BCUT2D eigenvalue weighted by atomic mass is 9.96. The highest BCUT2D eigenvalue weighted by atomic mass is 35.5. The third-order valence-electron chi connectivity index (χ3n) is 11.7. The first-order chi connectivity index (χ1) is 26.7. The van der Waals surface area contributed by atoms with Gasteiger partial charge in [-0.15, -0.1) is 10.2 Å². The lowest BCUT2D eigenvalue weighted by molar-refractivity contribution is -0.137. The minimum Gasteiger partial charge on any atom is -0.490 e. The topological polar surface area (TPSA) is 164 Å². The van der Waals surface area contributed by atoms with Crippen LogP contribution in [0.1, 0.15) is 66.4 Å². The predicted molar refractivity (Wildman–Crippen MR) is 205 cm³/mol. The van der Waals surface area contributed by atoms with Gasteiger partial charge in [-0.05, 0) is 92.5 Å². The minimum absolute atomic E-state index is 0.0882. The maximum absolute atomic E-state index is 13.1. The Morgan fingerprint density at radius 3 is 2.47 bits per heavy atom. The number of aromatic nitrogens is 2. The second kappa shape index (κ2) is 15.8. The minimum atomic E-state index is -0.604. The molecule has 0 bridgehead atoms. The van der Waals surface area contributed by atoms with Crippen LogP contribution in [0.2, 0.25) is 5.02 Å². The van der Waals surface area contributed by atoms with E-state index in [0.717, 1.165) is 82.1 Å². The van der Waals surface area contributed by atoms with Gasteiger partial charge in [-0.25, -0.2) is 0 Å². The van der Waals surface area contributed by atoms with E-state index in [1.54, 1.807) is 23.1 Å². The fourth-order valence-electron chi connectivity index (χ4n) is 8.58. The van der Waals surface area contributed by atoms with Gasteiger partial charge in [-0.3, -0.25) is 29.4 Å². The van der Waals surface area contributed by atoms with Crippen molar-refractivity contribution in [1.82, 2.24) is 25.3 Å².